The summed E-state index contributed by atoms with van der Waals surface area (Å²) in [5.41, 5.74) is 2.98. The van der Waals surface area contributed by atoms with Gasteiger partial charge < -0.3 is 9.88 Å². The average Bonchev–Trinajstić information content (AvgIpc) is 2.89. The Bertz CT molecular complexity index is 704. The largest absolute Gasteiger partial charge is 0.326 e. The molecule has 0 atom stereocenters. The van der Waals surface area contributed by atoms with Crippen LogP contribution in [0.4, 0.5) is 5.69 Å². The third-order valence-corrected chi connectivity index (χ3v) is 4.55. The van der Waals surface area contributed by atoms with Crippen molar-refractivity contribution in [2.75, 3.05) is 11.9 Å². The van der Waals surface area contributed by atoms with Gasteiger partial charge >= 0.3 is 0 Å². The van der Waals surface area contributed by atoms with Gasteiger partial charge in [-0.3, -0.25) is 9.69 Å². The number of amides is 1. The first-order chi connectivity index (χ1) is 11.1. The first kappa shape index (κ1) is 16.0. The first-order valence-corrected chi connectivity index (χ1v) is 8.61. The van der Waals surface area contributed by atoms with E-state index >= 15 is 0 Å². The topological polar surface area (TPSA) is 50.2 Å². The highest BCUT2D eigenvalue weighted by Crippen LogP contribution is 2.24. The molecule has 0 unspecified atom stereocenters. The van der Waals surface area contributed by atoms with Crippen molar-refractivity contribution in [3.05, 3.63) is 24.0 Å². The molecule has 0 saturated carbocycles. The summed E-state index contributed by atoms with van der Waals surface area (Å²) < 4.78 is 2.30. The normalized spacial score (nSPS) is 15.1. The molecule has 2 heterocycles. The summed E-state index contributed by atoms with van der Waals surface area (Å²) in [5.74, 6) is 1.20. The lowest BCUT2D eigenvalue weighted by Gasteiger charge is -2.30. The Hall–Kier alpha value is -1.88. The number of hydrogen-bond acceptors (Lipinski definition) is 3. The van der Waals surface area contributed by atoms with Gasteiger partial charge in [0.05, 0.1) is 17.6 Å². The second kappa shape index (κ2) is 6.71. The van der Waals surface area contributed by atoms with Crippen molar-refractivity contribution in [1.82, 2.24) is 14.5 Å². The van der Waals surface area contributed by atoms with E-state index in [0.29, 0.717) is 12.5 Å². The van der Waals surface area contributed by atoms with Crippen LogP contribution in [0.25, 0.3) is 11.0 Å². The summed E-state index contributed by atoms with van der Waals surface area (Å²) in [6.45, 7) is 9.47. The number of hydrogen-bond donors (Lipinski definition) is 1. The zero-order valence-corrected chi connectivity index (χ0v) is 14.3. The minimum absolute atomic E-state index is 0.0844. The Kier molecular flexibility index (Phi) is 4.66. The summed E-state index contributed by atoms with van der Waals surface area (Å²) in [6.07, 6.45) is 2.54. The summed E-state index contributed by atoms with van der Waals surface area (Å²) >= 11 is 0. The van der Waals surface area contributed by atoms with E-state index in [9.17, 15) is 4.79 Å². The lowest BCUT2D eigenvalue weighted by molar-refractivity contribution is -0.116. The Balaban J connectivity index is 1.80. The number of carbonyl (C=O) groups is 1. The predicted octanol–water partition coefficient (Wildman–Crippen LogP) is 3.39. The molecule has 0 bridgehead atoms. The van der Waals surface area contributed by atoms with Crippen LogP contribution in [0.3, 0.4) is 0 Å². The monoisotopic (exact) mass is 314 g/mol. The molecule has 1 N–H and O–H groups in total. The van der Waals surface area contributed by atoms with Gasteiger partial charge in [-0.25, -0.2) is 4.98 Å². The SMILES string of the molecule is CCCCC(=O)Nc1ccc2c(c1)nc1n2CCN(C(C)C)C1. The van der Waals surface area contributed by atoms with Gasteiger partial charge in [0.15, 0.2) is 0 Å². The fourth-order valence-electron chi connectivity index (χ4n) is 3.12. The molecule has 5 nitrogen and oxygen atoms in total. The molecular formula is C18H26N4O. The highest BCUT2D eigenvalue weighted by Gasteiger charge is 2.21. The van der Waals surface area contributed by atoms with Crippen molar-refractivity contribution in [2.45, 2.75) is 59.2 Å². The third-order valence-electron chi connectivity index (χ3n) is 4.55. The maximum absolute atomic E-state index is 11.9. The average molecular weight is 314 g/mol. The van der Waals surface area contributed by atoms with Crippen molar-refractivity contribution in [2.24, 2.45) is 0 Å². The van der Waals surface area contributed by atoms with E-state index < -0.39 is 0 Å². The number of nitrogens with zero attached hydrogens (tertiary/aromatic N) is 3. The smallest absolute Gasteiger partial charge is 0.224 e. The lowest BCUT2D eigenvalue weighted by atomic mass is 10.2. The van der Waals surface area contributed by atoms with Crippen molar-refractivity contribution in [3.63, 3.8) is 0 Å². The highest BCUT2D eigenvalue weighted by molar-refractivity contribution is 5.93. The molecule has 1 amide bonds. The molecule has 0 radical (unpaired) electrons. The maximum atomic E-state index is 11.9. The van der Waals surface area contributed by atoms with Gasteiger partial charge in [0.25, 0.3) is 0 Å². The molecule has 5 heteroatoms. The second-order valence-corrected chi connectivity index (χ2v) is 6.60. The van der Waals surface area contributed by atoms with Crippen LogP contribution >= 0.6 is 0 Å². The number of unbranched alkanes of at least 4 members (excludes halogenated alkanes) is 1. The minimum atomic E-state index is 0.0844. The molecule has 0 fully saturated rings. The number of benzene rings is 1. The van der Waals surface area contributed by atoms with E-state index in [0.717, 1.165) is 55.0 Å². The summed E-state index contributed by atoms with van der Waals surface area (Å²) in [5, 5.41) is 2.98. The van der Waals surface area contributed by atoms with Crippen LogP contribution in [-0.2, 0) is 17.9 Å². The van der Waals surface area contributed by atoms with Crippen LogP contribution in [0.1, 0.15) is 45.9 Å². The van der Waals surface area contributed by atoms with Crippen LogP contribution in [-0.4, -0.2) is 32.9 Å². The fraction of sp³-hybridized carbons (Fsp3) is 0.556. The molecule has 0 saturated heterocycles. The zero-order valence-electron chi connectivity index (χ0n) is 14.3. The number of fused-ring (bicyclic) bond motifs is 3. The van der Waals surface area contributed by atoms with Gasteiger partial charge in [-0.1, -0.05) is 13.3 Å². The Morgan fingerprint density at radius 3 is 2.91 bits per heavy atom. The first-order valence-electron chi connectivity index (χ1n) is 8.61. The van der Waals surface area contributed by atoms with Gasteiger partial charge in [-0.05, 0) is 38.5 Å². The molecule has 124 valence electrons. The van der Waals surface area contributed by atoms with Crippen molar-refractivity contribution in [1.29, 1.82) is 0 Å². The molecule has 0 spiro atoms. The van der Waals surface area contributed by atoms with Gasteiger partial charge in [0.1, 0.15) is 5.82 Å². The molecule has 0 aliphatic carbocycles. The van der Waals surface area contributed by atoms with Gasteiger partial charge in [0, 0.05) is 31.2 Å². The van der Waals surface area contributed by atoms with E-state index in [1.165, 1.54) is 0 Å². The van der Waals surface area contributed by atoms with Crippen LogP contribution in [0.5, 0.6) is 0 Å². The summed E-state index contributed by atoms with van der Waals surface area (Å²) in [4.78, 5) is 19.1. The number of anilines is 1. The van der Waals surface area contributed by atoms with Gasteiger partial charge in [0.2, 0.25) is 5.91 Å². The lowest BCUT2D eigenvalue weighted by Crippen LogP contribution is -2.38. The van der Waals surface area contributed by atoms with E-state index in [4.69, 9.17) is 4.98 Å². The number of aromatic nitrogens is 2. The Morgan fingerprint density at radius 2 is 2.17 bits per heavy atom. The Labute approximate surface area is 137 Å². The molecule has 3 rings (SSSR count). The predicted molar refractivity (Wildman–Crippen MR) is 93.4 cm³/mol. The van der Waals surface area contributed by atoms with Crippen LogP contribution in [0.15, 0.2) is 18.2 Å². The van der Waals surface area contributed by atoms with Crippen LogP contribution in [0, 0.1) is 0 Å². The molecule has 1 aromatic heterocycles. The zero-order chi connectivity index (χ0) is 16.4. The van der Waals surface area contributed by atoms with Gasteiger partial charge in [-0.2, -0.15) is 0 Å². The summed E-state index contributed by atoms with van der Waals surface area (Å²) in [7, 11) is 0. The van der Waals surface area contributed by atoms with Crippen LogP contribution in [0.2, 0.25) is 0 Å². The van der Waals surface area contributed by atoms with E-state index in [2.05, 4.69) is 41.6 Å². The van der Waals surface area contributed by atoms with Crippen molar-refractivity contribution >= 4 is 22.6 Å². The van der Waals surface area contributed by atoms with E-state index in [1.807, 2.05) is 12.1 Å². The number of carbonyl (C=O) groups excluding carboxylic acids is 1. The van der Waals surface area contributed by atoms with E-state index in [1.54, 1.807) is 0 Å². The number of rotatable bonds is 5. The van der Waals surface area contributed by atoms with Crippen molar-refractivity contribution < 1.29 is 4.79 Å². The molecule has 2 aromatic rings. The number of nitrogens with one attached hydrogen (secondary N) is 1. The standard InChI is InChI=1S/C18H26N4O/c1-4-5-6-18(23)19-14-7-8-16-15(11-14)20-17-12-21(13(2)3)9-10-22(16)17/h7-8,11,13H,4-6,9-10,12H2,1-3H3,(H,19,23). The van der Waals surface area contributed by atoms with Gasteiger partial charge in [-0.15, -0.1) is 0 Å². The fourth-order valence-corrected chi connectivity index (χ4v) is 3.12. The second-order valence-electron chi connectivity index (χ2n) is 6.60. The van der Waals surface area contributed by atoms with Crippen LogP contribution < -0.4 is 5.32 Å². The quantitative estimate of drug-likeness (QED) is 0.920. The Morgan fingerprint density at radius 1 is 1.35 bits per heavy atom. The summed E-state index contributed by atoms with van der Waals surface area (Å²) in [6, 6.07) is 6.59. The number of imidazole rings is 1. The van der Waals surface area contributed by atoms with Crippen molar-refractivity contribution in [3.8, 4) is 0 Å². The molecule has 23 heavy (non-hydrogen) atoms. The van der Waals surface area contributed by atoms with E-state index in [-0.39, 0.29) is 5.91 Å². The minimum Gasteiger partial charge on any atom is -0.326 e. The highest BCUT2D eigenvalue weighted by atomic mass is 16.1. The molecule has 1 aromatic carbocycles. The molecule has 1 aliphatic heterocycles. The maximum Gasteiger partial charge on any atom is 0.224 e. The third kappa shape index (κ3) is 3.39. The molecule has 1 aliphatic rings. The molecular weight excluding hydrogens is 288 g/mol.